The molecule has 0 spiro atoms. The molecular formula is C13H17F3N6O. The fourth-order valence-corrected chi connectivity index (χ4v) is 2.08. The summed E-state index contributed by atoms with van der Waals surface area (Å²) >= 11 is 0. The molecule has 0 saturated carbocycles. The molecule has 0 radical (unpaired) electrons. The number of alkyl halides is 3. The molecule has 0 fully saturated rings. The number of anilines is 1. The van der Waals surface area contributed by atoms with Crippen molar-refractivity contribution >= 4 is 11.7 Å². The van der Waals surface area contributed by atoms with Crippen molar-refractivity contribution in [1.82, 2.24) is 24.9 Å². The van der Waals surface area contributed by atoms with E-state index in [4.69, 9.17) is 0 Å². The van der Waals surface area contributed by atoms with Gasteiger partial charge in [0.2, 0.25) is 0 Å². The summed E-state index contributed by atoms with van der Waals surface area (Å²) in [5.41, 5.74) is 1.95. The first kappa shape index (κ1) is 16.8. The zero-order valence-electron chi connectivity index (χ0n) is 12.8. The summed E-state index contributed by atoms with van der Waals surface area (Å²) in [5, 5.41) is 12.8. The maximum atomic E-state index is 12.2. The number of urea groups is 1. The highest BCUT2D eigenvalue weighted by molar-refractivity contribution is 5.89. The number of nitrogens with one attached hydrogen (secondary N) is 2. The predicted molar refractivity (Wildman–Crippen MR) is 76.8 cm³/mol. The number of carbonyl (C=O) groups excluding carboxylic acids is 1. The van der Waals surface area contributed by atoms with Crippen LogP contribution < -0.4 is 10.6 Å². The van der Waals surface area contributed by atoms with Crippen LogP contribution in [-0.2, 0) is 13.6 Å². The van der Waals surface area contributed by atoms with Crippen LogP contribution in [0.4, 0.5) is 23.7 Å². The average molecular weight is 330 g/mol. The fraction of sp³-hybridized carbons (Fsp3) is 0.462. The van der Waals surface area contributed by atoms with Gasteiger partial charge in [0.1, 0.15) is 6.54 Å². The Balaban J connectivity index is 1.93. The molecule has 23 heavy (non-hydrogen) atoms. The van der Waals surface area contributed by atoms with E-state index in [1.54, 1.807) is 24.9 Å². The molecule has 2 rings (SSSR count). The third-order valence-electron chi connectivity index (χ3n) is 3.32. The number of nitrogens with zero attached hydrogens (tertiary/aromatic N) is 4. The van der Waals surface area contributed by atoms with Gasteiger partial charge in [-0.05, 0) is 13.8 Å². The van der Waals surface area contributed by atoms with E-state index < -0.39 is 18.8 Å². The van der Waals surface area contributed by atoms with Gasteiger partial charge in [-0.2, -0.15) is 23.4 Å². The highest BCUT2D eigenvalue weighted by Gasteiger charge is 2.28. The summed E-state index contributed by atoms with van der Waals surface area (Å²) in [5.74, 6) is 0. The lowest BCUT2D eigenvalue weighted by molar-refractivity contribution is -0.142. The van der Waals surface area contributed by atoms with E-state index in [0.29, 0.717) is 4.68 Å². The minimum absolute atomic E-state index is 0.182. The smallest absolute Gasteiger partial charge is 0.331 e. The standard InChI is InChI=1S/C13H17F3N6O/c1-8(11-5-17-21(3)9(11)2)19-12(23)20-10-4-18-22(6-10)7-13(14,15)16/h4-6,8H,7H2,1-3H3,(H2,19,20,23). The van der Waals surface area contributed by atoms with Crippen LogP contribution in [0.1, 0.15) is 24.2 Å². The lowest BCUT2D eigenvalue weighted by Gasteiger charge is -2.14. The molecule has 0 aliphatic heterocycles. The minimum atomic E-state index is -4.36. The first-order valence-corrected chi connectivity index (χ1v) is 6.81. The Morgan fingerprint density at radius 3 is 2.61 bits per heavy atom. The number of hydrogen-bond acceptors (Lipinski definition) is 3. The molecule has 2 aromatic rings. The Labute approximate surface area is 130 Å². The third kappa shape index (κ3) is 4.47. The number of aromatic nitrogens is 4. The molecule has 2 amide bonds. The number of halogens is 3. The normalized spacial score (nSPS) is 13.0. The van der Waals surface area contributed by atoms with Crippen molar-refractivity contribution < 1.29 is 18.0 Å². The lowest BCUT2D eigenvalue weighted by Crippen LogP contribution is -2.31. The quantitative estimate of drug-likeness (QED) is 0.903. The molecule has 10 heteroatoms. The number of carbonyl (C=O) groups is 1. The monoisotopic (exact) mass is 330 g/mol. The summed E-state index contributed by atoms with van der Waals surface area (Å²) in [6, 6.07) is -0.832. The summed E-state index contributed by atoms with van der Waals surface area (Å²) in [6.45, 7) is 2.46. The first-order chi connectivity index (χ1) is 10.7. The number of amides is 2. The molecule has 0 aliphatic carbocycles. The summed E-state index contributed by atoms with van der Waals surface area (Å²) in [4.78, 5) is 11.9. The number of rotatable bonds is 4. The molecule has 1 atom stereocenters. The summed E-state index contributed by atoms with van der Waals surface area (Å²) < 4.78 is 39.1. The van der Waals surface area contributed by atoms with Gasteiger partial charge in [-0.3, -0.25) is 9.36 Å². The molecule has 2 N–H and O–H groups in total. The van der Waals surface area contributed by atoms with Crippen LogP contribution in [0.3, 0.4) is 0 Å². The third-order valence-corrected chi connectivity index (χ3v) is 3.32. The molecule has 2 aromatic heterocycles. The van der Waals surface area contributed by atoms with Crippen LogP contribution in [0, 0.1) is 6.92 Å². The molecular weight excluding hydrogens is 313 g/mol. The predicted octanol–water partition coefficient (Wildman–Crippen LogP) is 2.37. The average Bonchev–Trinajstić information content (AvgIpc) is 2.95. The van der Waals surface area contributed by atoms with E-state index in [9.17, 15) is 18.0 Å². The van der Waals surface area contributed by atoms with Crippen molar-refractivity contribution in [1.29, 1.82) is 0 Å². The van der Waals surface area contributed by atoms with Crippen LogP contribution >= 0.6 is 0 Å². The van der Waals surface area contributed by atoms with E-state index in [1.165, 1.54) is 0 Å². The van der Waals surface area contributed by atoms with Gasteiger partial charge in [0, 0.05) is 24.5 Å². The van der Waals surface area contributed by atoms with Crippen molar-refractivity contribution in [3.63, 3.8) is 0 Å². The molecule has 1 unspecified atom stereocenters. The van der Waals surface area contributed by atoms with E-state index in [0.717, 1.165) is 23.7 Å². The topological polar surface area (TPSA) is 76.8 Å². The van der Waals surface area contributed by atoms with Gasteiger partial charge < -0.3 is 10.6 Å². The second kappa shape index (κ2) is 6.31. The highest BCUT2D eigenvalue weighted by Crippen LogP contribution is 2.19. The molecule has 7 nitrogen and oxygen atoms in total. The summed E-state index contributed by atoms with van der Waals surface area (Å²) in [6.07, 6.45) is -0.433. The van der Waals surface area contributed by atoms with Crippen molar-refractivity contribution in [2.75, 3.05) is 5.32 Å². The molecule has 0 saturated heterocycles. The Morgan fingerprint density at radius 1 is 1.35 bits per heavy atom. The number of aryl methyl sites for hydroxylation is 1. The maximum absolute atomic E-state index is 12.2. The number of hydrogen-bond donors (Lipinski definition) is 2. The Hall–Kier alpha value is -2.52. The Kier molecular flexibility index (Phi) is 4.62. The van der Waals surface area contributed by atoms with Gasteiger partial charge >= 0.3 is 12.2 Å². The minimum Gasteiger partial charge on any atom is -0.331 e. The second-order valence-corrected chi connectivity index (χ2v) is 5.17. The summed E-state index contributed by atoms with van der Waals surface area (Å²) in [7, 11) is 1.79. The SMILES string of the molecule is Cc1c(C(C)NC(=O)Nc2cnn(CC(F)(F)F)c2)cnn1C. The first-order valence-electron chi connectivity index (χ1n) is 6.81. The Morgan fingerprint density at radius 2 is 2.04 bits per heavy atom. The largest absolute Gasteiger partial charge is 0.408 e. The molecule has 2 heterocycles. The van der Waals surface area contributed by atoms with Gasteiger partial charge in [-0.1, -0.05) is 0 Å². The van der Waals surface area contributed by atoms with E-state index in [-0.39, 0.29) is 11.7 Å². The van der Waals surface area contributed by atoms with Gasteiger partial charge in [-0.15, -0.1) is 0 Å². The van der Waals surface area contributed by atoms with E-state index >= 15 is 0 Å². The Bertz CT molecular complexity index is 690. The van der Waals surface area contributed by atoms with Crippen LogP contribution in [0.15, 0.2) is 18.6 Å². The second-order valence-electron chi connectivity index (χ2n) is 5.17. The maximum Gasteiger partial charge on any atom is 0.408 e. The van der Waals surface area contributed by atoms with Crippen molar-refractivity contribution in [2.24, 2.45) is 7.05 Å². The van der Waals surface area contributed by atoms with Crippen LogP contribution in [0.2, 0.25) is 0 Å². The van der Waals surface area contributed by atoms with Crippen LogP contribution in [-0.4, -0.2) is 31.8 Å². The zero-order valence-corrected chi connectivity index (χ0v) is 12.8. The van der Waals surface area contributed by atoms with Crippen molar-refractivity contribution in [2.45, 2.75) is 32.6 Å². The molecule has 0 aromatic carbocycles. The van der Waals surface area contributed by atoms with Crippen LogP contribution in [0.25, 0.3) is 0 Å². The van der Waals surface area contributed by atoms with E-state index in [2.05, 4.69) is 20.8 Å². The highest BCUT2D eigenvalue weighted by atomic mass is 19.4. The zero-order chi connectivity index (χ0) is 17.2. The molecule has 0 aliphatic rings. The molecule has 0 bridgehead atoms. The van der Waals surface area contributed by atoms with Crippen molar-refractivity contribution in [3.8, 4) is 0 Å². The fourth-order valence-electron chi connectivity index (χ4n) is 2.08. The van der Waals surface area contributed by atoms with Gasteiger partial charge in [0.15, 0.2) is 0 Å². The van der Waals surface area contributed by atoms with Gasteiger partial charge in [0.05, 0.1) is 24.1 Å². The van der Waals surface area contributed by atoms with Gasteiger partial charge in [0.25, 0.3) is 0 Å². The van der Waals surface area contributed by atoms with Crippen molar-refractivity contribution in [3.05, 3.63) is 29.8 Å². The molecule has 126 valence electrons. The van der Waals surface area contributed by atoms with E-state index in [1.807, 2.05) is 6.92 Å². The lowest BCUT2D eigenvalue weighted by atomic mass is 10.1. The van der Waals surface area contributed by atoms with Gasteiger partial charge in [-0.25, -0.2) is 4.79 Å². The van der Waals surface area contributed by atoms with Crippen LogP contribution in [0.5, 0.6) is 0 Å².